The van der Waals surface area contributed by atoms with Gasteiger partial charge in [0, 0.05) is 12.8 Å². The van der Waals surface area contributed by atoms with Crippen molar-refractivity contribution in [1.29, 1.82) is 0 Å². The third kappa shape index (κ3) is 1.50. The molecular weight excluding hydrogens is 270 g/mol. The number of nitrogens with zero attached hydrogens (tertiary/aromatic N) is 1. The zero-order valence-electron chi connectivity index (χ0n) is 10.1. The molecule has 4 heteroatoms. The molecule has 0 aliphatic carbocycles. The molecule has 0 saturated carbocycles. The Bertz CT molecular complexity index is 272. The van der Waals surface area contributed by atoms with Crippen molar-refractivity contribution in [2.45, 2.75) is 63.0 Å². The zero-order valence-corrected chi connectivity index (χ0v) is 11.7. The lowest BCUT2D eigenvalue weighted by Crippen LogP contribution is -3.00. The molecule has 4 rings (SSSR count). The molecule has 6 atom stereocenters. The van der Waals surface area contributed by atoms with Crippen LogP contribution in [-0.4, -0.2) is 53.6 Å². The van der Waals surface area contributed by atoms with Crippen molar-refractivity contribution in [2.75, 3.05) is 13.6 Å². The van der Waals surface area contributed by atoms with E-state index in [0.717, 1.165) is 10.9 Å². The van der Waals surface area contributed by atoms with E-state index >= 15 is 0 Å². The summed E-state index contributed by atoms with van der Waals surface area (Å²) in [6.07, 6.45) is 5.19. The van der Waals surface area contributed by atoms with E-state index in [0.29, 0.717) is 18.2 Å². The Morgan fingerprint density at radius 1 is 1.31 bits per heavy atom. The van der Waals surface area contributed by atoms with Crippen LogP contribution >= 0.6 is 0 Å². The normalized spacial score (nSPS) is 53.1. The average Bonchev–Trinajstić information content (AvgIpc) is 2.63. The van der Waals surface area contributed by atoms with Crippen LogP contribution in [0.4, 0.5) is 0 Å². The van der Waals surface area contributed by atoms with E-state index in [1.54, 1.807) is 0 Å². The summed E-state index contributed by atoms with van der Waals surface area (Å²) in [7, 11) is 2.33. The molecule has 4 saturated heterocycles. The summed E-state index contributed by atoms with van der Waals surface area (Å²) >= 11 is 0. The summed E-state index contributed by atoms with van der Waals surface area (Å²) in [5.41, 5.74) is 0. The standard InChI is InChI=1S/C12H22NO2.BrH/c1-3-4-5-13(2)9-6-8-7-10(13)12(15-8)11(9)14;/h8-12,14H,3-7H2,1-2H3;1H/q+1;/p-1/t8-,9-,10+,11?,12?,13+;/m0./s1. The lowest BCUT2D eigenvalue weighted by atomic mass is 9.96. The Morgan fingerprint density at radius 2 is 2.00 bits per heavy atom. The van der Waals surface area contributed by atoms with Crippen molar-refractivity contribution in [2.24, 2.45) is 0 Å². The second-order valence-corrected chi connectivity index (χ2v) is 5.74. The number of unbranched alkanes of at least 4 members (excludes halogenated alkanes) is 1. The van der Waals surface area contributed by atoms with E-state index in [-0.39, 0.29) is 29.2 Å². The SMILES string of the molecule is CCCC[N@@+]1(C)[C@@H]2C[C@@H]3C[C@H]1C(O)C2O3.[Br-]. The molecule has 0 aromatic carbocycles. The van der Waals surface area contributed by atoms with E-state index in [4.69, 9.17) is 4.74 Å². The van der Waals surface area contributed by atoms with Crippen LogP contribution in [0.15, 0.2) is 0 Å². The van der Waals surface area contributed by atoms with E-state index in [1.807, 2.05) is 0 Å². The fourth-order valence-electron chi connectivity index (χ4n) is 4.10. The summed E-state index contributed by atoms with van der Waals surface area (Å²) in [5.74, 6) is 0. The quantitative estimate of drug-likeness (QED) is 0.605. The van der Waals surface area contributed by atoms with Crippen molar-refractivity contribution in [3.8, 4) is 0 Å². The van der Waals surface area contributed by atoms with Crippen molar-refractivity contribution < 1.29 is 31.3 Å². The molecule has 4 aliphatic rings. The van der Waals surface area contributed by atoms with Crippen molar-refractivity contribution in [3.05, 3.63) is 0 Å². The number of ether oxygens (including phenoxy) is 1. The number of piperidine rings is 1. The van der Waals surface area contributed by atoms with Crippen LogP contribution in [0.5, 0.6) is 0 Å². The smallest absolute Gasteiger partial charge is 0.141 e. The van der Waals surface area contributed by atoms with Gasteiger partial charge in [0.15, 0.2) is 0 Å². The fourth-order valence-corrected chi connectivity index (χ4v) is 4.10. The van der Waals surface area contributed by atoms with Gasteiger partial charge < -0.3 is 31.3 Å². The number of rotatable bonds is 3. The largest absolute Gasteiger partial charge is 1.00 e. The Hall–Kier alpha value is 0.360. The van der Waals surface area contributed by atoms with Gasteiger partial charge >= 0.3 is 0 Å². The molecule has 0 aromatic heterocycles. The average molecular weight is 292 g/mol. The second kappa shape index (κ2) is 4.23. The van der Waals surface area contributed by atoms with Crippen LogP contribution in [0.3, 0.4) is 0 Å². The number of aliphatic hydroxyl groups is 1. The minimum atomic E-state index is -0.199. The molecule has 0 radical (unpaired) electrons. The van der Waals surface area contributed by atoms with Gasteiger partial charge in [-0.25, -0.2) is 0 Å². The highest BCUT2D eigenvalue weighted by Crippen LogP contribution is 2.49. The third-order valence-electron chi connectivity index (χ3n) is 4.98. The van der Waals surface area contributed by atoms with Gasteiger partial charge in [-0.3, -0.25) is 0 Å². The van der Waals surface area contributed by atoms with Gasteiger partial charge in [0.25, 0.3) is 0 Å². The molecule has 2 unspecified atom stereocenters. The molecule has 0 aromatic rings. The van der Waals surface area contributed by atoms with Crippen LogP contribution in [0.2, 0.25) is 0 Å². The van der Waals surface area contributed by atoms with Crippen molar-refractivity contribution in [3.63, 3.8) is 0 Å². The topological polar surface area (TPSA) is 29.5 Å². The van der Waals surface area contributed by atoms with Gasteiger partial charge in [-0.15, -0.1) is 0 Å². The molecule has 16 heavy (non-hydrogen) atoms. The number of aliphatic hydroxyl groups excluding tert-OH is 1. The van der Waals surface area contributed by atoms with E-state index < -0.39 is 0 Å². The summed E-state index contributed by atoms with van der Waals surface area (Å²) in [4.78, 5) is 0. The first-order valence-corrected chi connectivity index (χ1v) is 6.35. The van der Waals surface area contributed by atoms with Crippen molar-refractivity contribution >= 4 is 0 Å². The number of hydrogen-bond acceptors (Lipinski definition) is 2. The Balaban J connectivity index is 0.000000963. The highest BCUT2D eigenvalue weighted by Gasteiger charge is 2.67. The van der Waals surface area contributed by atoms with Crippen LogP contribution in [0, 0.1) is 0 Å². The molecule has 4 aliphatic heterocycles. The number of quaternary nitrogens is 1. The second-order valence-electron chi connectivity index (χ2n) is 5.74. The molecular formula is C12H22BrNO2. The molecule has 94 valence electrons. The van der Waals surface area contributed by atoms with Gasteiger partial charge in [-0.1, -0.05) is 13.3 Å². The highest BCUT2D eigenvalue weighted by atomic mass is 79.9. The molecule has 4 bridgehead atoms. The predicted molar refractivity (Wildman–Crippen MR) is 57.4 cm³/mol. The van der Waals surface area contributed by atoms with Gasteiger partial charge in [-0.05, 0) is 6.42 Å². The number of hydrogen-bond donors (Lipinski definition) is 1. The fraction of sp³-hybridized carbons (Fsp3) is 1.00. The zero-order chi connectivity index (χ0) is 10.6. The number of likely N-dealkylation sites (N-methyl/N-ethyl adjacent to an activating group) is 1. The van der Waals surface area contributed by atoms with Gasteiger partial charge in [0.05, 0.1) is 19.7 Å². The molecule has 0 amide bonds. The minimum absolute atomic E-state index is 0. The lowest BCUT2D eigenvalue weighted by Gasteiger charge is -2.44. The van der Waals surface area contributed by atoms with Crippen LogP contribution in [0.25, 0.3) is 0 Å². The summed E-state index contributed by atoms with van der Waals surface area (Å²) in [6.45, 7) is 3.46. The maximum Gasteiger partial charge on any atom is 0.141 e. The van der Waals surface area contributed by atoms with Gasteiger partial charge in [-0.2, -0.15) is 0 Å². The Labute approximate surface area is 108 Å². The van der Waals surface area contributed by atoms with Crippen molar-refractivity contribution in [1.82, 2.24) is 0 Å². The Kier molecular flexibility index (Phi) is 3.39. The van der Waals surface area contributed by atoms with Crippen LogP contribution in [-0.2, 0) is 4.74 Å². The molecule has 3 nitrogen and oxygen atoms in total. The first-order valence-electron chi connectivity index (χ1n) is 6.35. The lowest BCUT2D eigenvalue weighted by molar-refractivity contribution is -0.948. The molecule has 1 N–H and O–H groups in total. The Morgan fingerprint density at radius 3 is 2.62 bits per heavy atom. The molecule has 4 heterocycles. The van der Waals surface area contributed by atoms with E-state index in [2.05, 4.69) is 14.0 Å². The van der Waals surface area contributed by atoms with Gasteiger partial charge in [0.1, 0.15) is 24.3 Å². The molecule has 0 spiro atoms. The minimum Gasteiger partial charge on any atom is -1.00 e. The third-order valence-corrected chi connectivity index (χ3v) is 4.98. The summed E-state index contributed by atoms with van der Waals surface area (Å²) in [5, 5.41) is 10.2. The van der Waals surface area contributed by atoms with Crippen LogP contribution in [0.1, 0.15) is 32.6 Å². The van der Waals surface area contributed by atoms with Crippen LogP contribution < -0.4 is 17.0 Å². The maximum absolute atomic E-state index is 10.2. The van der Waals surface area contributed by atoms with Gasteiger partial charge in [0.2, 0.25) is 0 Å². The first-order chi connectivity index (χ1) is 7.16. The highest BCUT2D eigenvalue weighted by molar-refractivity contribution is 5.04. The first kappa shape index (κ1) is 12.8. The summed E-state index contributed by atoms with van der Waals surface area (Å²) in [6, 6.07) is 1.04. The summed E-state index contributed by atoms with van der Waals surface area (Å²) < 4.78 is 6.95. The molecule has 4 fully saturated rings. The predicted octanol–water partition coefficient (Wildman–Crippen LogP) is -2.09. The maximum atomic E-state index is 10.2. The van der Waals surface area contributed by atoms with E-state index in [1.165, 1.54) is 25.8 Å². The number of halogens is 1. The van der Waals surface area contributed by atoms with E-state index in [9.17, 15) is 5.11 Å². The monoisotopic (exact) mass is 291 g/mol.